The normalized spacial score (nSPS) is 24.9. The summed E-state index contributed by atoms with van der Waals surface area (Å²) in [7, 11) is 0. The summed E-state index contributed by atoms with van der Waals surface area (Å²) in [5, 5.41) is 4.51. The fraction of sp³-hybridized carbons (Fsp3) is 0.636. The molecule has 2 atom stereocenters. The lowest BCUT2D eigenvalue weighted by molar-refractivity contribution is 0.0902. The van der Waals surface area contributed by atoms with Crippen LogP contribution < -0.4 is 5.73 Å². The number of ketones is 1. The van der Waals surface area contributed by atoms with Gasteiger partial charge in [-0.25, -0.2) is 0 Å². The van der Waals surface area contributed by atoms with Crippen LogP contribution in [0.2, 0.25) is 5.02 Å². The van der Waals surface area contributed by atoms with Crippen LogP contribution in [0.1, 0.15) is 36.7 Å². The Bertz CT molecular complexity index is 402. The first-order chi connectivity index (χ1) is 7.65. The Kier molecular flexibility index (Phi) is 3.30. The third kappa shape index (κ3) is 1.87. The van der Waals surface area contributed by atoms with Crippen LogP contribution in [0.5, 0.6) is 0 Å². The van der Waals surface area contributed by atoms with Gasteiger partial charge in [-0.1, -0.05) is 18.0 Å². The van der Waals surface area contributed by atoms with Crippen molar-refractivity contribution >= 4 is 17.4 Å². The summed E-state index contributed by atoms with van der Waals surface area (Å²) in [5.41, 5.74) is 6.45. The molecule has 2 unspecified atom stereocenters. The minimum atomic E-state index is -0.0838. The van der Waals surface area contributed by atoms with Crippen molar-refractivity contribution in [2.24, 2.45) is 11.7 Å². The molecule has 0 spiro atoms. The second-order valence-electron chi connectivity index (χ2n) is 4.22. The van der Waals surface area contributed by atoms with Gasteiger partial charge in [0, 0.05) is 18.5 Å². The van der Waals surface area contributed by atoms with E-state index < -0.39 is 0 Å². The Balaban J connectivity index is 2.29. The molecule has 1 aliphatic carbocycles. The van der Waals surface area contributed by atoms with Gasteiger partial charge >= 0.3 is 0 Å². The first kappa shape index (κ1) is 11.6. The number of Topliss-reactive ketones (excluding diaryl/α,β-unsaturated/α-hetero) is 1. The lowest BCUT2D eigenvalue weighted by Gasteiger charge is -2.14. The predicted octanol–water partition coefficient (Wildman–Crippen LogP) is 1.87. The van der Waals surface area contributed by atoms with Gasteiger partial charge in [0.1, 0.15) is 5.69 Å². The van der Waals surface area contributed by atoms with Crippen molar-refractivity contribution in [2.75, 3.05) is 0 Å². The van der Waals surface area contributed by atoms with Crippen LogP contribution in [0.4, 0.5) is 0 Å². The van der Waals surface area contributed by atoms with Gasteiger partial charge in [-0.2, -0.15) is 5.10 Å². The Morgan fingerprint density at radius 1 is 1.69 bits per heavy atom. The lowest BCUT2D eigenvalue weighted by Crippen LogP contribution is -2.32. The fourth-order valence-electron chi connectivity index (χ4n) is 2.34. The summed E-state index contributed by atoms with van der Waals surface area (Å²) in [4.78, 5) is 12.3. The molecular formula is C11H16ClN3O. The molecule has 0 saturated heterocycles. The maximum Gasteiger partial charge on any atom is 0.187 e. The summed E-state index contributed by atoms with van der Waals surface area (Å²) < 4.78 is 1.65. The van der Waals surface area contributed by atoms with Gasteiger partial charge in [0.15, 0.2) is 5.78 Å². The van der Waals surface area contributed by atoms with Gasteiger partial charge in [-0.3, -0.25) is 9.48 Å². The molecule has 4 nitrogen and oxygen atoms in total. The minimum Gasteiger partial charge on any atom is -0.327 e. The number of aryl methyl sites for hydroxylation is 1. The number of carbonyl (C=O) groups excluding carboxylic acids is 1. The molecule has 5 heteroatoms. The monoisotopic (exact) mass is 241 g/mol. The van der Waals surface area contributed by atoms with Crippen LogP contribution in [0.3, 0.4) is 0 Å². The average molecular weight is 242 g/mol. The number of hydrogen-bond donors (Lipinski definition) is 1. The molecule has 0 radical (unpaired) electrons. The van der Waals surface area contributed by atoms with Crippen LogP contribution in [0.25, 0.3) is 0 Å². The third-order valence-corrected chi connectivity index (χ3v) is 3.51. The molecular weight excluding hydrogens is 226 g/mol. The highest BCUT2D eigenvalue weighted by Crippen LogP contribution is 2.29. The molecule has 0 aromatic carbocycles. The summed E-state index contributed by atoms with van der Waals surface area (Å²) in [6.07, 6.45) is 4.34. The molecule has 1 aromatic heterocycles. The van der Waals surface area contributed by atoms with Crippen molar-refractivity contribution in [3.8, 4) is 0 Å². The van der Waals surface area contributed by atoms with Crippen molar-refractivity contribution in [3.63, 3.8) is 0 Å². The first-order valence-electron chi connectivity index (χ1n) is 5.66. The van der Waals surface area contributed by atoms with Gasteiger partial charge in [0.05, 0.1) is 11.2 Å². The highest BCUT2D eigenvalue weighted by molar-refractivity contribution is 6.33. The Morgan fingerprint density at radius 3 is 3.00 bits per heavy atom. The highest BCUT2D eigenvalue weighted by Gasteiger charge is 2.33. The number of carbonyl (C=O) groups is 1. The van der Waals surface area contributed by atoms with E-state index in [1.165, 1.54) is 6.20 Å². The largest absolute Gasteiger partial charge is 0.327 e. The van der Waals surface area contributed by atoms with Gasteiger partial charge in [0.2, 0.25) is 0 Å². The topological polar surface area (TPSA) is 60.9 Å². The van der Waals surface area contributed by atoms with Crippen LogP contribution in [-0.2, 0) is 6.54 Å². The zero-order valence-corrected chi connectivity index (χ0v) is 10.1. The van der Waals surface area contributed by atoms with Crippen LogP contribution in [-0.4, -0.2) is 21.6 Å². The zero-order valence-electron chi connectivity index (χ0n) is 9.32. The van der Waals surface area contributed by atoms with Crippen LogP contribution in [0, 0.1) is 5.92 Å². The number of aromatic nitrogens is 2. The molecule has 1 aromatic rings. The Hall–Kier alpha value is -0.870. The van der Waals surface area contributed by atoms with E-state index >= 15 is 0 Å². The molecule has 1 aliphatic rings. The maximum atomic E-state index is 12.3. The summed E-state index contributed by atoms with van der Waals surface area (Å²) >= 11 is 6.00. The molecule has 1 fully saturated rings. The number of hydrogen-bond acceptors (Lipinski definition) is 3. The van der Waals surface area contributed by atoms with E-state index in [9.17, 15) is 4.79 Å². The van der Waals surface area contributed by atoms with Crippen molar-refractivity contribution < 1.29 is 4.79 Å². The highest BCUT2D eigenvalue weighted by atomic mass is 35.5. The third-order valence-electron chi connectivity index (χ3n) is 3.23. The second-order valence-corrected chi connectivity index (χ2v) is 4.63. The van der Waals surface area contributed by atoms with E-state index in [2.05, 4.69) is 5.10 Å². The minimum absolute atomic E-state index is 0.0243. The van der Waals surface area contributed by atoms with Gasteiger partial charge in [-0.05, 0) is 19.8 Å². The summed E-state index contributed by atoms with van der Waals surface area (Å²) in [5.74, 6) is -0.0335. The maximum absolute atomic E-state index is 12.3. The summed E-state index contributed by atoms with van der Waals surface area (Å²) in [6.45, 7) is 2.59. The molecule has 0 bridgehead atoms. The molecule has 16 heavy (non-hydrogen) atoms. The standard InChI is InChI=1S/C11H16ClN3O/c1-2-15-10(8(12)6-14-15)11(16)7-4-3-5-9(7)13/h6-7,9H,2-5,13H2,1H3. The van der Waals surface area contributed by atoms with Gasteiger partial charge in [0.25, 0.3) is 0 Å². The number of rotatable bonds is 3. The predicted molar refractivity (Wildman–Crippen MR) is 62.6 cm³/mol. The molecule has 0 aliphatic heterocycles. The fourth-order valence-corrected chi connectivity index (χ4v) is 2.57. The molecule has 1 heterocycles. The Labute approximate surface area is 99.8 Å². The lowest BCUT2D eigenvalue weighted by atomic mass is 9.96. The van der Waals surface area contributed by atoms with Crippen LogP contribution >= 0.6 is 11.6 Å². The second kappa shape index (κ2) is 4.55. The van der Waals surface area contributed by atoms with Crippen molar-refractivity contribution in [3.05, 3.63) is 16.9 Å². The molecule has 1 saturated carbocycles. The molecule has 88 valence electrons. The van der Waals surface area contributed by atoms with E-state index in [-0.39, 0.29) is 17.7 Å². The first-order valence-corrected chi connectivity index (χ1v) is 6.04. The zero-order chi connectivity index (χ0) is 11.7. The quantitative estimate of drug-likeness (QED) is 0.822. The van der Waals surface area contributed by atoms with Crippen LogP contribution in [0.15, 0.2) is 6.20 Å². The van der Waals surface area contributed by atoms with Gasteiger partial charge in [-0.15, -0.1) is 0 Å². The van der Waals surface area contributed by atoms with E-state index in [1.807, 2.05) is 6.92 Å². The molecule has 0 amide bonds. The van der Waals surface area contributed by atoms with Gasteiger partial charge < -0.3 is 5.73 Å². The molecule has 2 rings (SSSR count). The van der Waals surface area contributed by atoms with E-state index in [1.54, 1.807) is 4.68 Å². The number of halogens is 1. The van der Waals surface area contributed by atoms with E-state index in [4.69, 9.17) is 17.3 Å². The van der Waals surface area contributed by atoms with Crippen molar-refractivity contribution in [1.29, 1.82) is 0 Å². The number of nitrogens with zero attached hydrogens (tertiary/aromatic N) is 2. The van der Waals surface area contributed by atoms with Crippen molar-refractivity contribution in [1.82, 2.24) is 9.78 Å². The Morgan fingerprint density at radius 2 is 2.44 bits per heavy atom. The average Bonchev–Trinajstić information content (AvgIpc) is 2.83. The molecule has 2 N–H and O–H groups in total. The SMILES string of the molecule is CCn1ncc(Cl)c1C(=O)C1CCCC1N. The summed E-state index contributed by atoms with van der Waals surface area (Å²) in [6, 6.07) is -0.0243. The van der Waals surface area contributed by atoms with E-state index in [0.29, 0.717) is 17.3 Å². The van der Waals surface area contributed by atoms with Crippen molar-refractivity contribution in [2.45, 2.75) is 38.8 Å². The number of nitrogens with two attached hydrogens (primary N) is 1. The van der Waals surface area contributed by atoms with E-state index in [0.717, 1.165) is 19.3 Å². The smallest absolute Gasteiger partial charge is 0.187 e.